The maximum atomic E-state index is 12.8. The summed E-state index contributed by atoms with van der Waals surface area (Å²) in [6.45, 7) is 2.57. The third kappa shape index (κ3) is 5.37. The van der Waals surface area contributed by atoms with Crippen molar-refractivity contribution in [2.45, 2.75) is 43.9 Å². The van der Waals surface area contributed by atoms with Gasteiger partial charge in [-0.2, -0.15) is 4.31 Å². The highest BCUT2D eigenvalue weighted by atomic mass is 32.2. The van der Waals surface area contributed by atoms with Gasteiger partial charge < -0.3 is 5.32 Å². The number of nitrogens with zero attached hydrogens (tertiary/aromatic N) is 2. The number of piperidine rings is 1. The van der Waals surface area contributed by atoms with Crippen LogP contribution in [0.4, 0.5) is 0 Å². The Bertz CT molecular complexity index is 949. The van der Waals surface area contributed by atoms with Gasteiger partial charge in [-0.1, -0.05) is 12.1 Å². The lowest BCUT2D eigenvalue weighted by Crippen LogP contribution is -2.43. The molecule has 2 saturated heterocycles. The molecular weight excluding hydrogens is 422 g/mol. The number of amides is 3. The van der Waals surface area contributed by atoms with Crippen LogP contribution in [0.15, 0.2) is 29.2 Å². The van der Waals surface area contributed by atoms with Gasteiger partial charge in [-0.3, -0.25) is 24.1 Å². The van der Waals surface area contributed by atoms with Crippen molar-refractivity contribution in [1.82, 2.24) is 14.5 Å². The van der Waals surface area contributed by atoms with Gasteiger partial charge in [-0.25, -0.2) is 8.42 Å². The van der Waals surface area contributed by atoms with Crippen LogP contribution in [0, 0.1) is 5.92 Å². The Morgan fingerprint density at radius 2 is 1.61 bits per heavy atom. The highest BCUT2D eigenvalue weighted by Crippen LogP contribution is 2.24. The molecule has 0 aliphatic carbocycles. The Labute approximate surface area is 181 Å². The van der Waals surface area contributed by atoms with Crippen molar-refractivity contribution in [3.8, 4) is 0 Å². The molecule has 10 heteroatoms. The van der Waals surface area contributed by atoms with Gasteiger partial charge in [0, 0.05) is 50.5 Å². The standard InChI is InChI=1S/C21H27N3O6S/c1-15(25)16-3-5-18(6-4-16)31(29,30)23-13-9-17(10-14-23)21(28)22-11-2-12-24-19(26)7-8-20(24)27/h3-6,17H,2,7-14H2,1H3,(H,22,28). The van der Waals surface area contributed by atoms with E-state index in [0.29, 0.717) is 37.9 Å². The molecule has 0 atom stereocenters. The zero-order chi connectivity index (χ0) is 22.6. The van der Waals surface area contributed by atoms with E-state index in [0.717, 1.165) is 0 Å². The minimum Gasteiger partial charge on any atom is -0.356 e. The smallest absolute Gasteiger partial charge is 0.243 e. The van der Waals surface area contributed by atoms with Gasteiger partial charge in [-0.05, 0) is 38.3 Å². The van der Waals surface area contributed by atoms with Gasteiger partial charge in [0.2, 0.25) is 27.7 Å². The van der Waals surface area contributed by atoms with E-state index in [1.807, 2.05) is 0 Å². The second kappa shape index (κ2) is 9.69. The topological polar surface area (TPSA) is 121 Å². The summed E-state index contributed by atoms with van der Waals surface area (Å²) in [4.78, 5) is 48.3. The number of likely N-dealkylation sites (tertiary alicyclic amines) is 1. The average molecular weight is 450 g/mol. The highest BCUT2D eigenvalue weighted by molar-refractivity contribution is 7.89. The summed E-state index contributed by atoms with van der Waals surface area (Å²) in [6.07, 6.45) is 1.84. The van der Waals surface area contributed by atoms with Crippen LogP contribution in [0.5, 0.6) is 0 Å². The number of Topliss-reactive ketones (excluding diaryl/α,β-unsaturated/α-hetero) is 1. The minimum atomic E-state index is -3.67. The Kier molecular flexibility index (Phi) is 7.22. The quantitative estimate of drug-likeness (QED) is 0.358. The first-order valence-electron chi connectivity index (χ1n) is 10.4. The summed E-state index contributed by atoms with van der Waals surface area (Å²) in [7, 11) is -3.67. The number of sulfonamides is 1. The van der Waals surface area contributed by atoms with E-state index >= 15 is 0 Å². The van der Waals surface area contributed by atoms with Crippen molar-refractivity contribution in [3.63, 3.8) is 0 Å². The summed E-state index contributed by atoms with van der Waals surface area (Å²) < 4.78 is 27.0. The molecule has 1 N–H and O–H groups in total. The van der Waals surface area contributed by atoms with Crippen molar-refractivity contribution < 1.29 is 27.6 Å². The van der Waals surface area contributed by atoms with Crippen molar-refractivity contribution in [2.24, 2.45) is 5.92 Å². The Morgan fingerprint density at radius 1 is 1.03 bits per heavy atom. The van der Waals surface area contributed by atoms with Gasteiger partial charge in [0.15, 0.2) is 5.78 Å². The lowest BCUT2D eigenvalue weighted by atomic mass is 9.97. The van der Waals surface area contributed by atoms with Crippen LogP contribution < -0.4 is 5.32 Å². The van der Waals surface area contributed by atoms with Crippen molar-refractivity contribution >= 4 is 33.5 Å². The van der Waals surface area contributed by atoms with Crippen molar-refractivity contribution in [1.29, 1.82) is 0 Å². The van der Waals surface area contributed by atoms with Crippen LogP contribution in [0.2, 0.25) is 0 Å². The molecule has 168 valence electrons. The third-order valence-electron chi connectivity index (χ3n) is 5.74. The number of imide groups is 1. The first kappa shape index (κ1) is 23.1. The van der Waals surface area contributed by atoms with E-state index in [1.54, 1.807) is 0 Å². The molecular formula is C21H27N3O6S. The largest absolute Gasteiger partial charge is 0.356 e. The molecule has 1 aromatic carbocycles. The second-order valence-electron chi connectivity index (χ2n) is 7.84. The first-order valence-corrected chi connectivity index (χ1v) is 11.9. The van der Waals surface area contributed by atoms with Gasteiger partial charge in [0.25, 0.3) is 0 Å². The van der Waals surface area contributed by atoms with Gasteiger partial charge >= 0.3 is 0 Å². The average Bonchev–Trinajstić information content (AvgIpc) is 3.08. The van der Waals surface area contributed by atoms with E-state index in [2.05, 4.69) is 5.32 Å². The molecule has 31 heavy (non-hydrogen) atoms. The van der Waals surface area contributed by atoms with Gasteiger partial charge in [-0.15, -0.1) is 0 Å². The normalized spacial score (nSPS) is 18.4. The molecule has 0 radical (unpaired) electrons. The number of hydrogen-bond acceptors (Lipinski definition) is 6. The summed E-state index contributed by atoms with van der Waals surface area (Å²) in [5, 5.41) is 2.82. The SMILES string of the molecule is CC(=O)c1ccc(S(=O)(=O)N2CCC(C(=O)NCCCN3C(=O)CCC3=O)CC2)cc1. The highest BCUT2D eigenvalue weighted by Gasteiger charge is 2.32. The summed E-state index contributed by atoms with van der Waals surface area (Å²) >= 11 is 0. The predicted octanol–water partition coefficient (Wildman–Crippen LogP) is 0.945. The molecule has 0 unspecified atom stereocenters. The lowest BCUT2D eigenvalue weighted by molar-refractivity contribution is -0.138. The molecule has 2 heterocycles. The minimum absolute atomic E-state index is 0.130. The van der Waals surface area contributed by atoms with E-state index in [-0.39, 0.29) is 60.2 Å². The van der Waals surface area contributed by atoms with Crippen LogP contribution in [-0.4, -0.2) is 67.3 Å². The molecule has 0 bridgehead atoms. The van der Waals surface area contributed by atoms with E-state index in [9.17, 15) is 27.6 Å². The van der Waals surface area contributed by atoms with E-state index < -0.39 is 10.0 Å². The third-order valence-corrected chi connectivity index (χ3v) is 7.65. The molecule has 0 spiro atoms. The van der Waals surface area contributed by atoms with Gasteiger partial charge in [0.1, 0.15) is 0 Å². The Balaban J connectivity index is 1.45. The molecule has 0 aromatic heterocycles. The Hall–Kier alpha value is -2.59. The van der Waals surface area contributed by atoms with Crippen LogP contribution in [0.1, 0.15) is 49.4 Å². The zero-order valence-electron chi connectivity index (χ0n) is 17.5. The number of ketones is 1. The molecule has 0 saturated carbocycles. The van der Waals surface area contributed by atoms with Crippen molar-refractivity contribution in [2.75, 3.05) is 26.2 Å². The van der Waals surface area contributed by atoms with E-state index in [1.165, 1.54) is 40.4 Å². The van der Waals surface area contributed by atoms with Gasteiger partial charge in [0.05, 0.1) is 4.90 Å². The number of rotatable bonds is 8. The molecule has 3 rings (SSSR count). The van der Waals surface area contributed by atoms with Crippen LogP contribution in [0.3, 0.4) is 0 Å². The summed E-state index contributed by atoms with van der Waals surface area (Å²) in [6, 6.07) is 5.86. The first-order chi connectivity index (χ1) is 14.7. The fourth-order valence-corrected chi connectivity index (χ4v) is 5.30. The molecule has 2 aliphatic rings. The number of carbonyl (C=O) groups excluding carboxylic acids is 4. The predicted molar refractivity (Wildman–Crippen MR) is 112 cm³/mol. The molecule has 1 aromatic rings. The molecule has 9 nitrogen and oxygen atoms in total. The van der Waals surface area contributed by atoms with E-state index in [4.69, 9.17) is 0 Å². The number of carbonyl (C=O) groups is 4. The number of benzene rings is 1. The fourth-order valence-electron chi connectivity index (χ4n) is 3.83. The molecule has 2 fully saturated rings. The Morgan fingerprint density at radius 3 is 2.16 bits per heavy atom. The van der Waals surface area contributed by atoms with Crippen LogP contribution in [-0.2, 0) is 24.4 Å². The molecule has 3 amide bonds. The second-order valence-corrected chi connectivity index (χ2v) is 9.78. The number of hydrogen-bond donors (Lipinski definition) is 1. The van der Waals surface area contributed by atoms with Crippen LogP contribution >= 0.6 is 0 Å². The summed E-state index contributed by atoms with van der Waals surface area (Å²) in [5.74, 6) is -0.875. The maximum absolute atomic E-state index is 12.8. The lowest BCUT2D eigenvalue weighted by Gasteiger charge is -2.30. The van der Waals surface area contributed by atoms with Crippen molar-refractivity contribution in [3.05, 3.63) is 29.8 Å². The zero-order valence-corrected chi connectivity index (χ0v) is 18.3. The molecule has 2 aliphatic heterocycles. The van der Waals surface area contributed by atoms with Crippen LogP contribution in [0.25, 0.3) is 0 Å². The maximum Gasteiger partial charge on any atom is 0.243 e. The summed E-state index contributed by atoms with van der Waals surface area (Å²) in [5.41, 5.74) is 0.452. The fraction of sp³-hybridized carbons (Fsp3) is 0.524. The number of nitrogens with one attached hydrogen (secondary N) is 1. The monoisotopic (exact) mass is 449 g/mol.